The molecule has 0 aromatic heterocycles. The van der Waals surface area contributed by atoms with Crippen molar-refractivity contribution in [2.45, 2.75) is 19.8 Å². The molecule has 0 aliphatic carbocycles. The van der Waals surface area contributed by atoms with Gasteiger partial charge in [-0.3, -0.25) is 0 Å². The van der Waals surface area contributed by atoms with Gasteiger partial charge in [-0.15, -0.1) is 0 Å². The molecule has 0 aliphatic rings. The number of rotatable bonds is 8. The summed E-state index contributed by atoms with van der Waals surface area (Å²) in [6.07, 6.45) is 2.04. The van der Waals surface area contributed by atoms with Crippen molar-refractivity contribution in [3.8, 4) is 28.4 Å². The molecule has 3 aromatic carbocycles. The van der Waals surface area contributed by atoms with E-state index in [2.05, 4.69) is 43.3 Å². The van der Waals surface area contributed by atoms with Gasteiger partial charge in [-0.05, 0) is 47.4 Å². The second kappa shape index (κ2) is 8.95. The number of phenolic OH excluding ortho intramolecular Hbond substituents is 1. The third kappa shape index (κ3) is 4.79. The van der Waals surface area contributed by atoms with Crippen molar-refractivity contribution in [3.05, 3.63) is 78.4 Å². The highest BCUT2D eigenvalue weighted by Gasteiger charge is 2.07. The molecule has 3 rings (SSSR count). The summed E-state index contributed by atoms with van der Waals surface area (Å²) in [5.41, 5.74) is 3.63. The lowest BCUT2D eigenvalue weighted by molar-refractivity contribution is 0.215. The van der Waals surface area contributed by atoms with Gasteiger partial charge < -0.3 is 14.6 Å². The van der Waals surface area contributed by atoms with Crippen molar-refractivity contribution < 1.29 is 14.6 Å². The summed E-state index contributed by atoms with van der Waals surface area (Å²) in [7, 11) is 0. The monoisotopic (exact) mass is 348 g/mol. The highest BCUT2D eigenvalue weighted by Crippen LogP contribution is 2.28. The second-order valence-corrected chi connectivity index (χ2v) is 6.13. The van der Waals surface area contributed by atoms with Gasteiger partial charge in [0.15, 0.2) is 0 Å². The molecule has 0 bridgehead atoms. The maximum absolute atomic E-state index is 9.45. The van der Waals surface area contributed by atoms with Crippen LogP contribution in [0.1, 0.15) is 18.9 Å². The smallest absolute Gasteiger partial charge is 0.123 e. The normalized spacial score (nSPS) is 10.5. The highest BCUT2D eigenvalue weighted by molar-refractivity contribution is 5.65. The predicted molar refractivity (Wildman–Crippen MR) is 105 cm³/mol. The van der Waals surface area contributed by atoms with E-state index in [1.807, 2.05) is 18.2 Å². The fraction of sp³-hybridized carbons (Fsp3) is 0.217. The van der Waals surface area contributed by atoms with Gasteiger partial charge in [0, 0.05) is 6.07 Å². The zero-order valence-corrected chi connectivity index (χ0v) is 15.0. The molecule has 26 heavy (non-hydrogen) atoms. The van der Waals surface area contributed by atoms with E-state index in [1.165, 1.54) is 16.7 Å². The predicted octanol–water partition coefficient (Wildman–Crippen LogP) is 5.47. The summed E-state index contributed by atoms with van der Waals surface area (Å²) in [6, 6.07) is 23.5. The minimum atomic E-state index is 0.199. The Bertz CT molecular complexity index is 828. The van der Waals surface area contributed by atoms with Crippen LogP contribution in [-0.2, 0) is 6.42 Å². The van der Waals surface area contributed by atoms with E-state index in [0.717, 1.165) is 18.6 Å². The van der Waals surface area contributed by atoms with Gasteiger partial charge in [0.1, 0.15) is 30.5 Å². The Hall–Kier alpha value is -2.94. The molecular formula is C23H24O3. The molecule has 0 heterocycles. The molecule has 0 unspecified atom stereocenters. The van der Waals surface area contributed by atoms with Gasteiger partial charge in [0.25, 0.3) is 0 Å². The quantitative estimate of drug-likeness (QED) is 0.549. The lowest BCUT2D eigenvalue weighted by Gasteiger charge is -2.14. The summed E-state index contributed by atoms with van der Waals surface area (Å²) in [5, 5.41) is 9.45. The molecule has 3 nitrogen and oxygen atoms in total. The van der Waals surface area contributed by atoms with Crippen LogP contribution in [0.25, 0.3) is 11.1 Å². The molecule has 0 amide bonds. The summed E-state index contributed by atoms with van der Waals surface area (Å²) in [5.74, 6) is 1.75. The van der Waals surface area contributed by atoms with Crippen LogP contribution in [0.15, 0.2) is 72.8 Å². The number of benzene rings is 3. The van der Waals surface area contributed by atoms with E-state index in [4.69, 9.17) is 9.47 Å². The Morgan fingerprint density at radius 1 is 0.769 bits per heavy atom. The molecule has 0 aliphatic heterocycles. The largest absolute Gasteiger partial charge is 0.508 e. The first-order valence-corrected chi connectivity index (χ1v) is 8.99. The number of ether oxygens (including phenoxy) is 2. The zero-order valence-electron chi connectivity index (χ0n) is 15.0. The van der Waals surface area contributed by atoms with Crippen molar-refractivity contribution >= 4 is 0 Å². The number of aryl methyl sites for hydroxylation is 1. The Morgan fingerprint density at radius 3 is 2.35 bits per heavy atom. The molecule has 0 spiro atoms. The first-order valence-electron chi connectivity index (χ1n) is 8.99. The minimum Gasteiger partial charge on any atom is -0.508 e. The SMILES string of the molecule is CCCc1cc(-c2ccccc2)ccc1OCCOc1cccc(O)c1. The molecule has 3 aromatic rings. The minimum absolute atomic E-state index is 0.199. The molecular weight excluding hydrogens is 324 g/mol. The lowest BCUT2D eigenvalue weighted by atomic mass is 10.0. The van der Waals surface area contributed by atoms with Gasteiger partial charge >= 0.3 is 0 Å². The Labute approximate surface area is 154 Å². The summed E-state index contributed by atoms with van der Waals surface area (Å²) in [4.78, 5) is 0. The average molecular weight is 348 g/mol. The van der Waals surface area contributed by atoms with Crippen molar-refractivity contribution in [3.63, 3.8) is 0 Å². The Morgan fingerprint density at radius 2 is 1.58 bits per heavy atom. The first-order chi connectivity index (χ1) is 12.8. The number of phenols is 1. The van der Waals surface area contributed by atoms with Crippen molar-refractivity contribution in [1.29, 1.82) is 0 Å². The van der Waals surface area contributed by atoms with Crippen LogP contribution in [0, 0.1) is 0 Å². The van der Waals surface area contributed by atoms with Gasteiger partial charge in [-0.2, -0.15) is 0 Å². The molecule has 134 valence electrons. The van der Waals surface area contributed by atoms with Crippen LogP contribution in [0.3, 0.4) is 0 Å². The molecule has 1 N–H and O–H groups in total. The van der Waals surface area contributed by atoms with Gasteiger partial charge in [0.2, 0.25) is 0 Å². The topological polar surface area (TPSA) is 38.7 Å². The molecule has 0 saturated carbocycles. The first kappa shape index (κ1) is 17.9. The zero-order chi connectivity index (χ0) is 18.2. The third-order valence-electron chi connectivity index (χ3n) is 4.11. The van der Waals surface area contributed by atoms with Gasteiger partial charge in [-0.25, -0.2) is 0 Å². The Balaban J connectivity index is 1.63. The molecule has 0 fully saturated rings. The molecule has 0 atom stereocenters. The van der Waals surface area contributed by atoms with Crippen molar-refractivity contribution in [2.24, 2.45) is 0 Å². The van der Waals surface area contributed by atoms with Crippen molar-refractivity contribution in [2.75, 3.05) is 13.2 Å². The molecule has 3 heteroatoms. The molecule has 0 saturated heterocycles. The van der Waals surface area contributed by atoms with Crippen LogP contribution in [0.5, 0.6) is 17.2 Å². The number of hydrogen-bond donors (Lipinski definition) is 1. The van der Waals surface area contributed by atoms with Gasteiger partial charge in [-0.1, -0.05) is 55.8 Å². The van der Waals surface area contributed by atoms with Crippen molar-refractivity contribution in [1.82, 2.24) is 0 Å². The van der Waals surface area contributed by atoms with Crippen LogP contribution < -0.4 is 9.47 Å². The van der Waals surface area contributed by atoms with Crippen LogP contribution in [0.2, 0.25) is 0 Å². The van der Waals surface area contributed by atoms with E-state index >= 15 is 0 Å². The van der Waals surface area contributed by atoms with E-state index in [1.54, 1.807) is 18.2 Å². The van der Waals surface area contributed by atoms with E-state index < -0.39 is 0 Å². The molecule has 0 radical (unpaired) electrons. The van der Waals surface area contributed by atoms with Crippen LogP contribution >= 0.6 is 0 Å². The highest BCUT2D eigenvalue weighted by atomic mass is 16.5. The standard InChI is InChI=1S/C23H24O3/c1-2-7-20-16-19(18-8-4-3-5-9-18)12-13-23(20)26-15-14-25-22-11-6-10-21(24)17-22/h3-6,8-13,16-17,24H,2,7,14-15H2,1H3. The third-order valence-corrected chi connectivity index (χ3v) is 4.11. The summed E-state index contributed by atoms with van der Waals surface area (Å²) in [6.45, 7) is 3.05. The lowest BCUT2D eigenvalue weighted by Crippen LogP contribution is -2.10. The number of hydrogen-bond acceptors (Lipinski definition) is 3. The maximum atomic E-state index is 9.45. The number of aromatic hydroxyl groups is 1. The second-order valence-electron chi connectivity index (χ2n) is 6.13. The van der Waals surface area contributed by atoms with Crippen LogP contribution in [-0.4, -0.2) is 18.3 Å². The van der Waals surface area contributed by atoms with E-state index in [0.29, 0.717) is 19.0 Å². The Kier molecular flexibility index (Phi) is 6.15. The summed E-state index contributed by atoms with van der Waals surface area (Å²) < 4.78 is 11.6. The maximum Gasteiger partial charge on any atom is 0.123 e. The van der Waals surface area contributed by atoms with Gasteiger partial charge in [0.05, 0.1) is 0 Å². The summed E-state index contributed by atoms with van der Waals surface area (Å²) >= 11 is 0. The average Bonchev–Trinajstić information content (AvgIpc) is 2.67. The van der Waals surface area contributed by atoms with E-state index in [9.17, 15) is 5.11 Å². The van der Waals surface area contributed by atoms with Crippen LogP contribution in [0.4, 0.5) is 0 Å². The fourth-order valence-electron chi connectivity index (χ4n) is 2.88. The fourth-order valence-corrected chi connectivity index (χ4v) is 2.88. The van der Waals surface area contributed by atoms with E-state index in [-0.39, 0.29) is 5.75 Å².